The van der Waals surface area contributed by atoms with E-state index in [1.54, 1.807) is 11.9 Å². The van der Waals surface area contributed by atoms with E-state index in [4.69, 9.17) is 26.1 Å². The maximum absolute atomic E-state index is 12.9. The number of nitrogens with zero attached hydrogens (tertiary/aromatic N) is 5. The number of benzene rings is 1. The van der Waals surface area contributed by atoms with Gasteiger partial charge in [0.15, 0.2) is 0 Å². The molecule has 0 radical (unpaired) electrons. The molecule has 0 saturated carbocycles. The number of guanidine groups is 1. The largest absolute Gasteiger partial charge is 0.489 e. The number of halogens is 1. The summed E-state index contributed by atoms with van der Waals surface area (Å²) in [6.07, 6.45) is 2.54. The van der Waals surface area contributed by atoms with Gasteiger partial charge in [-0.05, 0) is 30.4 Å². The molecule has 5 rings (SSSR count). The number of anilines is 2. The minimum atomic E-state index is -0.398. The average Bonchev–Trinajstić information content (AvgIpc) is 2.90. The quantitative estimate of drug-likeness (QED) is 0.588. The van der Waals surface area contributed by atoms with Gasteiger partial charge in [-0.15, -0.1) is 11.6 Å². The third-order valence-corrected chi connectivity index (χ3v) is 7.82. The number of hydrogen-bond acceptors (Lipinski definition) is 8. The summed E-state index contributed by atoms with van der Waals surface area (Å²) < 4.78 is 12.2. The van der Waals surface area contributed by atoms with Crippen molar-refractivity contribution >= 4 is 46.6 Å². The number of hydrogen-bond donors (Lipinski definition) is 1. The van der Waals surface area contributed by atoms with E-state index in [1.807, 2.05) is 17.0 Å². The molecule has 1 N–H and O–H groups in total. The zero-order chi connectivity index (χ0) is 26.8. The third-order valence-electron chi connectivity index (χ3n) is 7.48. The summed E-state index contributed by atoms with van der Waals surface area (Å²) in [6.45, 7) is 7.60. The summed E-state index contributed by atoms with van der Waals surface area (Å²) in [5.41, 5.74) is 2.64. The van der Waals surface area contributed by atoms with Crippen LogP contribution < -0.4 is 15.0 Å². The van der Waals surface area contributed by atoms with Crippen LogP contribution in [0.25, 0.3) is 0 Å². The van der Waals surface area contributed by atoms with E-state index in [0.717, 1.165) is 23.4 Å². The molecule has 206 valence electrons. The van der Waals surface area contributed by atoms with Crippen LogP contribution in [-0.2, 0) is 20.7 Å². The highest BCUT2D eigenvalue weighted by Gasteiger charge is 2.34. The van der Waals surface area contributed by atoms with E-state index in [2.05, 4.69) is 29.1 Å². The number of amides is 2. The van der Waals surface area contributed by atoms with Gasteiger partial charge in [0, 0.05) is 51.3 Å². The Kier molecular flexibility index (Phi) is 8.09. The first kappa shape index (κ1) is 26.7. The summed E-state index contributed by atoms with van der Waals surface area (Å²) in [7, 11) is 1.78. The average molecular weight is 545 g/mol. The van der Waals surface area contributed by atoms with E-state index in [9.17, 15) is 9.59 Å². The first-order valence-electron chi connectivity index (χ1n) is 13.5. The fourth-order valence-corrected chi connectivity index (χ4v) is 5.48. The number of nitrogens with one attached hydrogen (secondary N) is 1. The van der Waals surface area contributed by atoms with Crippen molar-refractivity contribution in [1.29, 1.82) is 0 Å². The molecule has 4 bridgehead atoms. The van der Waals surface area contributed by atoms with Crippen LogP contribution in [0, 0.1) is 5.92 Å². The summed E-state index contributed by atoms with van der Waals surface area (Å²) in [5, 5.41) is 3.01. The molecular weight excluding hydrogens is 508 g/mol. The number of aryl methyl sites for hydroxylation is 1. The van der Waals surface area contributed by atoms with Crippen LogP contribution in [0.1, 0.15) is 38.7 Å². The van der Waals surface area contributed by atoms with Gasteiger partial charge in [0.05, 0.1) is 31.5 Å². The topological polar surface area (TPSA) is 99.1 Å². The summed E-state index contributed by atoms with van der Waals surface area (Å²) >= 11 is 6.65. The number of aliphatic imine (C=N–C) groups is 2. The van der Waals surface area contributed by atoms with Gasteiger partial charge >= 0.3 is 0 Å². The highest BCUT2D eigenvalue weighted by atomic mass is 35.5. The molecule has 4 aliphatic rings. The second-order valence-electron chi connectivity index (χ2n) is 10.7. The van der Waals surface area contributed by atoms with Gasteiger partial charge in [-0.3, -0.25) is 9.59 Å². The van der Waals surface area contributed by atoms with Crippen LogP contribution in [0.2, 0.25) is 0 Å². The monoisotopic (exact) mass is 544 g/mol. The Balaban J connectivity index is 1.41. The number of carbonyl (C=O) groups excluding carboxylic acids is 2. The van der Waals surface area contributed by atoms with Crippen molar-refractivity contribution in [2.45, 2.75) is 50.9 Å². The maximum Gasteiger partial charge on any atom is 0.227 e. The van der Waals surface area contributed by atoms with Gasteiger partial charge < -0.3 is 29.5 Å². The lowest BCUT2D eigenvalue weighted by molar-refractivity contribution is -0.134. The molecule has 2 amide bonds. The van der Waals surface area contributed by atoms with Crippen LogP contribution >= 0.6 is 11.6 Å². The lowest BCUT2D eigenvalue weighted by Gasteiger charge is -2.42. The van der Waals surface area contributed by atoms with Gasteiger partial charge in [-0.2, -0.15) is 4.99 Å². The molecule has 4 heterocycles. The zero-order valence-corrected chi connectivity index (χ0v) is 23.2. The Morgan fingerprint density at radius 2 is 2.08 bits per heavy atom. The molecule has 0 aromatic heterocycles. The molecular formula is C27H37ClN6O4. The van der Waals surface area contributed by atoms with Crippen molar-refractivity contribution in [2.24, 2.45) is 15.9 Å². The molecule has 10 nitrogen and oxygen atoms in total. The number of alkyl halides is 1. The zero-order valence-electron chi connectivity index (χ0n) is 22.4. The van der Waals surface area contributed by atoms with E-state index in [-0.39, 0.29) is 17.9 Å². The first-order chi connectivity index (χ1) is 18.3. The molecule has 1 saturated heterocycles. The van der Waals surface area contributed by atoms with Crippen molar-refractivity contribution in [3.8, 4) is 5.75 Å². The minimum Gasteiger partial charge on any atom is -0.489 e. The highest BCUT2D eigenvalue weighted by molar-refractivity contribution is 6.35. The lowest BCUT2D eigenvalue weighted by Crippen LogP contribution is -2.58. The van der Waals surface area contributed by atoms with Gasteiger partial charge in [-0.25, -0.2) is 4.99 Å². The maximum atomic E-state index is 12.9. The van der Waals surface area contributed by atoms with Crippen molar-refractivity contribution in [3.63, 3.8) is 0 Å². The second-order valence-corrected chi connectivity index (χ2v) is 11.2. The molecule has 0 aliphatic carbocycles. The predicted octanol–water partition coefficient (Wildman–Crippen LogP) is 2.74. The fourth-order valence-electron chi connectivity index (χ4n) is 5.31. The number of carbonyl (C=O) groups is 2. The van der Waals surface area contributed by atoms with Crippen LogP contribution in [0.3, 0.4) is 0 Å². The molecule has 2 unspecified atom stereocenters. The van der Waals surface area contributed by atoms with Gasteiger partial charge in [-0.1, -0.05) is 13.8 Å². The highest BCUT2D eigenvalue weighted by Crippen LogP contribution is 2.39. The molecule has 4 aliphatic heterocycles. The van der Waals surface area contributed by atoms with E-state index in [0.29, 0.717) is 88.7 Å². The second kappa shape index (κ2) is 11.5. The number of ether oxygens (including phenoxy) is 2. The normalized spacial score (nSPS) is 23.9. The predicted molar refractivity (Wildman–Crippen MR) is 149 cm³/mol. The van der Waals surface area contributed by atoms with Crippen molar-refractivity contribution in [1.82, 2.24) is 9.80 Å². The Labute approximate surface area is 229 Å². The number of piperazine rings is 1. The third kappa shape index (κ3) is 5.76. The van der Waals surface area contributed by atoms with Gasteiger partial charge in [0.2, 0.25) is 17.8 Å². The minimum absolute atomic E-state index is 0.0666. The Morgan fingerprint density at radius 3 is 2.89 bits per heavy atom. The molecule has 0 spiro atoms. The summed E-state index contributed by atoms with van der Waals surface area (Å²) in [5.74, 6) is 2.59. The molecule has 1 aromatic rings. The van der Waals surface area contributed by atoms with Gasteiger partial charge in [0.1, 0.15) is 23.6 Å². The van der Waals surface area contributed by atoms with Crippen LogP contribution in [0.5, 0.6) is 5.75 Å². The Bertz CT molecular complexity index is 1140. The lowest BCUT2D eigenvalue weighted by atomic mass is 10.00. The number of amidine groups is 1. The summed E-state index contributed by atoms with van der Waals surface area (Å²) in [6, 6.07) is 3.84. The smallest absolute Gasteiger partial charge is 0.227 e. The molecule has 1 fully saturated rings. The molecule has 2 atom stereocenters. The summed E-state index contributed by atoms with van der Waals surface area (Å²) in [4.78, 5) is 40.6. The van der Waals surface area contributed by atoms with Crippen molar-refractivity contribution in [3.05, 3.63) is 17.7 Å². The number of rotatable bonds is 3. The molecule has 1 aromatic carbocycles. The first-order valence-corrected chi connectivity index (χ1v) is 14.0. The van der Waals surface area contributed by atoms with Crippen LogP contribution in [-0.4, -0.2) is 97.9 Å². The van der Waals surface area contributed by atoms with E-state index < -0.39 is 5.38 Å². The SMILES string of the molecule is CC(C)CCC(=O)N1CCN2C3=NCC(Cl)C(=N3)Nc3cc4c(c(c3)OCCOCC2C1)N(C)C(=O)CC4. The number of fused-ring (bicyclic) bond motifs is 7. The van der Waals surface area contributed by atoms with E-state index >= 15 is 0 Å². The van der Waals surface area contributed by atoms with Crippen LogP contribution in [0.4, 0.5) is 11.4 Å². The van der Waals surface area contributed by atoms with Gasteiger partial charge in [0.25, 0.3) is 0 Å². The van der Waals surface area contributed by atoms with E-state index in [1.165, 1.54) is 0 Å². The molecule has 38 heavy (non-hydrogen) atoms. The Morgan fingerprint density at radius 1 is 1.24 bits per heavy atom. The standard InChI is InChI=1S/C27H37ClN6O4/c1-17(2)4-6-24(36)33-8-9-34-20(15-33)16-37-10-11-38-22-13-19(30-26-21(28)14-29-27(34)31-26)12-18-5-7-23(35)32(3)25(18)22/h12-13,17,20-21H,4-11,14-16H2,1-3H3,(H,29,30,31). The van der Waals surface area contributed by atoms with Crippen molar-refractivity contribution < 1.29 is 19.1 Å². The fraction of sp³-hybridized carbons (Fsp3) is 0.630. The van der Waals surface area contributed by atoms with Crippen molar-refractivity contribution in [2.75, 3.05) is 63.3 Å². The molecule has 11 heteroatoms. The Hall–Kier alpha value is -2.85. The van der Waals surface area contributed by atoms with Crippen LogP contribution in [0.15, 0.2) is 22.1 Å².